The molecule has 149 valence electrons. The van der Waals surface area contributed by atoms with Crippen LogP contribution in [0.5, 0.6) is 0 Å². The molecule has 0 spiro atoms. The van der Waals surface area contributed by atoms with Gasteiger partial charge in [0.15, 0.2) is 0 Å². The van der Waals surface area contributed by atoms with E-state index >= 15 is 0 Å². The van der Waals surface area contributed by atoms with Crippen molar-refractivity contribution in [3.05, 3.63) is 42.6 Å². The van der Waals surface area contributed by atoms with Gasteiger partial charge in [-0.25, -0.2) is 0 Å². The minimum Gasteiger partial charge on any atom is -0.388 e. The van der Waals surface area contributed by atoms with E-state index in [-0.39, 0.29) is 0 Å². The van der Waals surface area contributed by atoms with E-state index in [1.165, 1.54) is 11.1 Å². The van der Waals surface area contributed by atoms with Gasteiger partial charge in [0.1, 0.15) is 0 Å². The highest BCUT2D eigenvalue weighted by Gasteiger charge is 2.22. The molecule has 5 heteroatoms. The van der Waals surface area contributed by atoms with Gasteiger partial charge in [0.05, 0.1) is 11.0 Å². The Labute approximate surface area is 168 Å². The summed E-state index contributed by atoms with van der Waals surface area (Å²) in [5.41, 5.74) is 10.1. The minimum atomic E-state index is 0.435. The van der Waals surface area contributed by atoms with Gasteiger partial charge in [-0.3, -0.25) is 4.98 Å². The number of fused-ring (bicyclic) bond motifs is 1. The number of hydrogen-bond acceptors (Lipinski definition) is 4. The van der Waals surface area contributed by atoms with Gasteiger partial charge in [-0.05, 0) is 49.4 Å². The Balaban J connectivity index is 2.38. The fourth-order valence-electron chi connectivity index (χ4n) is 4.11. The van der Waals surface area contributed by atoms with E-state index < -0.39 is 0 Å². The number of nitrogens with zero attached hydrogens (tertiary/aromatic N) is 2. The molecule has 3 rings (SSSR count). The average Bonchev–Trinajstić information content (AvgIpc) is 3.03. The third kappa shape index (κ3) is 3.30. The predicted molar refractivity (Wildman–Crippen MR) is 123 cm³/mol. The molecule has 0 bridgehead atoms. The van der Waals surface area contributed by atoms with Crippen molar-refractivity contribution in [1.29, 1.82) is 0 Å². The van der Waals surface area contributed by atoms with Crippen molar-refractivity contribution in [2.75, 3.05) is 37.1 Å². The first-order valence-electron chi connectivity index (χ1n) is 9.96. The summed E-state index contributed by atoms with van der Waals surface area (Å²) >= 11 is 0. The zero-order valence-electron chi connectivity index (χ0n) is 17.9. The molecule has 1 radical (unpaired) electrons. The van der Waals surface area contributed by atoms with E-state index in [1.54, 1.807) is 0 Å². The van der Waals surface area contributed by atoms with Gasteiger partial charge in [0.2, 0.25) is 0 Å². The van der Waals surface area contributed by atoms with Crippen molar-refractivity contribution >= 4 is 28.1 Å². The van der Waals surface area contributed by atoms with Crippen LogP contribution in [0.25, 0.3) is 22.2 Å². The highest BCUT2D eigenvalue weighted by atomic mass is 15.0. The second kappa shape index (κ2) is 8.13. The average molecular weight is 379 g/mol. The first-order valence-corrected chi connectivity index (χ1v) is 9.96. The zero-order chi connectivity index (χ0) is 20.4. The molecule has 0 saturated carbocycles. The second-order valence-corrected chi connectivity index (χ2v) is 7.29. The van der Waals surface area contributed by atoms with Gasteiger partial charge in [0.25, 0.3) is 0 Å². The fraction of sp³-hybridized carbons (Fsp3) is 0.391. The maximum absolute atomic E-state index is 4.97. The van der Waals surface area contributed by atoms with Gasteiger partial charge in [-0.15, -0.1) is 0 Å². The van der Waals surface area contributed by atoms with Crippen LogP contribution in [0.2, 0.25) is 0 Å². The van der Waals surface area contributed by atoms with Crippen molar-refractivity contribution in [3.63, 3.8) is 0 Å². The zero-order valence-corrected chi connectivity index (χ0v) is 17.9. The Bertz CT molecular complexity index is 957. The Kier molecular flexibility index (Phi) is 5.82. The van der Waals surface area contributed by atoms with Crippen LogP contribution in [0.3, 0.4) is 0 Å². The molecular formula is C23H32N5. The lowest BCUT2D eigenvalue weighted by Gasteiger charge is -2.17. The molecule has 0 aliphatic heterocycles. The third-order valence-electron chi connectivity index (χ3n) is 5.60. The van der Waals surface area contributed by atoms with E-state index in [0.29, 0.717) is 5.92 Å². The molecule has 1 unspecified atom stereocenters. The maximum atomic E-state index is 4.97. The molecule has 0 fully saturated rings. The van der Waals surface area contributed by atoms with Crippen molar-refractivity contribution in [1.82, 2.24) is 9.55 Å². The molecule has 0 aliphatic rings. The van der Waals surface area contributed by atoms with E-state index in [9.17, 15) is 0 Å². The summed E-state index contributed by atoms with van der Waals surface area (Å²) in [7, 11) is 7.97. The summed E-state index contributed by atoms with van der Waals surface area (Å²) in [5.74, 6) is 0.435. The Morgan fingerprint density at radius 1 is 1.07 bits per heavy atom. The second-order valence-electron chi connectivity index (χ2n) is 7.29. The first-order chi connectivity index (χ1) is 13.5. The van der Waals surface area contributed by atoms with Crippen molar-refractivity contribution in [3.8, 4) is 11.1 Å². The molecule has 2 heterocycles. The summed E-state index contributed by atoms with van der Waals surface area (Å²) in [6, 6.07) is 6.50. The van der Waals surface area contributed by atoms with Crippen molar-refractivity contribution in [2.24, 2.45) is 7.05 Å². The fourth-order valence-corrected chi connectivity index (χ4v) is 4.11. The highest BCUT2D eigenvalue weighted by Crippen LogP contribution is 2.43. The largest absolute Gasteiger partial charge is 0.388 e. The number of hydrogen-bond donors (Lipinski definition) is 3. The summed E-state index contributed by atoms with van der Waals surface area (Å²) in [6.45, 7) is 8.49. The molecule has 1 aromatic carbocycles. The van der Waals surface area contributed by atoms with Crippen molar-refractivity contribution in [2.45, 2.75) is 32.6 Å². The lowest BCUT2D eigenvalue weighted by Crippen LogP contribution is -2.02. The Hall–Kier alpha value is -2.69. The summed E-state index contributed by atoms with van der Waals surface area (Å²) in [4.78, 5) is 4.97. The summed E-state index contributed by atoms with van der Waals surface area (Å²) in [5, 5.41) is 9.97. The minimum absolute atomic E-state index is 0.435. The first kappa shape index (κ1) is 20.1. The molecular weight excluding hydrogens is 346 g/mol. The monoisotopic (exact) mass is 378 g/mol. The number of benzene rings is 1. The number of aromatic nitrogens is 2. The normalized spacial score (nSPS) is 11.3. The van der Waals surface area contributed by atoms with E-state index in [2.05, 4.69) is 72.7 Å². The lowest BCUT2D eigenvalue weighted by atomic mass is 9.92. The lowest BCUT2D eigenvalue weighted by molar-refractivity contribution is 0.672. The molecule has 28 heavy (non-hydrogen) atoms. The number of anilines is 3. The maximum Gasteiger partial charge on any atom is 0.0966 e. The van der Waals surface area contributed by atoms with E-state index in [1.807, 2.05) is 21.1 Å². The topological polar surface area (TPSA) is 53.9 Å². The molecule has 3 N–H and O–H groups in total. The standard InChI is InChI=1S/C23H32N5/c1-8-15(9-2)17-10-14(3)27-22-18(13-28(7)23(17)22)21-19(25-5)11-16(24-4)12-20(21)26-6/h10-13,15,24-26H,1,8-9H2,2-7H3. The van der Waals surface area contributed by atoms with Gasteiger partial charge in [0, 0.05) is 68.3 Å². The molecule has 5 nitrogen and oxygen atoms in total. The summed E-state index contributed by atoms with van der Waals surface area (Å²) in [6.07, 6.45) is 4.16. The Morgan fingerprint density at radius 3 is 2.21 bits per heavy atom. The van der Waals surface area contributed by atoms with Crippen LogP contribution in [0.1, 0.15) is 36.9 Å². The molecule has 0 aliphatic carbocycles. The van der Waals surface area contributed by atoms with Gasteiger partial charge in [-0.2, -0.15) is 0 Å². The number of nitrogens with one attached hydrogen (secondary N) is 3. The van der Waals surface area contributed by atoms with Crippen LogP contribution in [0.4, 0.5) is 17.1 Å². The smallest absolute Gasteiger partial charge is 0.0966 e. The van der Waals surface area contributed by atoms with Crippen molar-refractivity contribution < 1.29 is 0 Å². The van der Waals surface area contributed by atoms with Gasteiger partial charge in [-0.1, -0.05) is 13.8 Å². The number of pyridine rings is 1. The summed E-state index contributed by atoms with van der Waals surface area (Å²) < 4.78 is 2.22. The number of rotatable bonds is 7. The number of aryl methyl sites for hydroxylation is 2. The van der Waals surface area contributed by atoms with Crippen LogP contribution in [-0.2, 0) is 7.05 Å². The van der Waals surface area contributed by atoms with E-state index in [4.69, 9.17) is 4.98 Å². The SMILES string of the molecule is [CH2]CC(CC)c1cc(C)nc2c(-c3c(NC)cc(NC)cc3NC)cn(C)c12. The highest BCUT2D eigenvalue weighted by molar-refractivity contribution is 6.03. The quantitative estimate of drug-likeness (QED) is 0.516. The van der Waals surface area contributed by atoms with E-state index in [0.717, 1.165) is 52.2 Å². The molecule has 3 aromatic rings. The molecule has 1 atom stereocenters. The van der Waals surface area contributed by atoms with Crippen LogP contribution in [0, 0.1) is 13.8 Å². The molecule has 0 amide bonds. The third-order valence-corrected chi connectivity index (χ3v) is 5.60. The van der Waals surface area contributed by atoms with Gasteiger partial charge < -0.3 is 20.5 Å². The van der Waals surface area contributed by atoms with Gasteiger partial charge >= 0.3 is 0 Å². The molecule has 0 saturated heterocycles. The Morgan fingerprint density at radius 2 is 1.71 bits per heavy atom. The molecule has 2 aromatic heterocycles. The predicted octanol–water partition coefficient (Wildman–Crippen LogP) is 5.39. The van der Waals surface area contributed by atoms with Crippen LogP contribution in [-0.4, -0.2) is 30.7 Å². The van der Waals surface area contributed by atoms with Crippen LogP contribution >= 0.6 is 0 Å². The van der Waals surface area contributed by atoms with Crippen LogP contribution < -0.4 is 16.0 Å². The van der Waals surface area contributed by atoms with Crippen LogP contribution in [0.15, 0.2) is 24.4 Å².